The fourth-order valence-corrected chi connectivity index (χ4v) is 1.47. The van der Waals surface area contributed by atoms with Gasteiger partial charge in [0.05, 0.1) is 6.61 Å². The molecule has 4 heteroatoms. The molecule has 4 nitrogen and oxygen atoms in total. The van der Waals surface area contributed by atoms with Gasteiger partial charge in [0.25, 0.3) is 0 Å². The van der Waals surface area contributed by atoms with Crippen molar-refractivity contribution in [3.63, 3.8) is 0 Å². The van der Waals surface area contributed by atoms with Crippen molar-refractivity contribution in [1.82, 2.24) is 4.98 Å². The molecule has 0 radical (unpaired) electrons. The molecule has 0 aliphatic heterocycles. The smallest absolute Gasteiger partial charge is 0.221 e. The molecule has 1 aromatic carbocycles. The van der Waals surface area contributed by atoms with Gasteiger partial charge < -0.3 is 15.2 Å². The van der Waals surface area contributed by atoms with Gasteiger partial charge in [0.2, 0.25) is 5.88 Å². The van der Waals surface area contributed by atoms with Crippen LogP contribution in [-0.4, -0.2) is 11.6 Å². The summed E-state index contributed by atoms with van der Waals surface area (Å²) in [5.41, 5.74) is 7.41. The number of nitrogens with zero attached hydrogens (tertiary/aromatic N) is 1. The van der Waals surface area contributed by atoms with E-state index in [2.05, 4.69) is 4.98 Å². The van der Waals surface area contributed by atoms with Gasteiger partial charge in [0.15, 0.2) is 0 Å². The lowest BCUT2D eigenvalue weighted by Gasteiger charge is -2.07. The highest BCUT2D eigenvalue weighted by Crippen LogP contribution is 2.24. The Labute approximate surface area is 106 Å². The van der Waals surface area contributed by atoms with Gasteiger partial charge in [-0.3, -0.25) is 0 Å². The number of nitrogens with two attached hydrogens (primary N) is 1. The van der Waals surface area contributed by atoms with E-state index >= 15 is 0 Å². The highest BCUT2D eigenvalue weighted by molar-refractivity contribution is 5.48. The summed E-state index contributed by atoms with van der Waals surface area (Å²) in [6, 6.07) is 9.10. The standard InChI is InChI=1S/C14H16N2O2/c1-3-17-11-4-6-12(7-5-11)18-14-8-13(15)10(2)9-16-14/h4-9H,3H2,1-2H3,(H2,15,16). The maximum atomic E-state index is 5.80. The van der Waals surface area contributed by atoms with Crippen molar-refractivity contribution in [2.45, 2.75) is 13.8 Å². The number of aromatic nitrogens is 1. The predicted molar refractivity (Wildman–Crippen MR) is 71.1 cm³/mol. The minimum atomic E-state index is 0.488. The number of ether oxygens (including phenoxy) is 2. The minimum Gasteiger partial charge on any atom is -0.494 e. The zero-order chi connectivity index (χ0) is 13.0. The Balaban J connectivity index is 2.10. The average Bonchev–Trinajstić information content (AvgIpc) is 2.37. The molecule has 0 spiro atoms. The summed E-state index contributed by atoms with van der Waals surface area (Å²) >= 11 is 0. The largest absolute Gasteiger partial charge is 0.494 e. The fourth-order valence-electron chi connectivity index (χ4n) is 1.47. The van der Waals surface area contributed by atoms with E-state index in [4.69, 9.17) is 15.2 Å². The number of benzene rings is 1. The van der Waals surface area contributed by atoms with Crippen molar-refractivity contribution in [1.29, 1.82) is 0 Å². The van der Waals surface area contributed by atoms with Crippen LogP contribution in [0.25, 0.3) is 0 Å². The van der Waals surface area contributed by atoms with E-state index in [0.717, 1.165) is 11.3 Å². The molecule has 1 aromatic heterocycles. The monoisotopic (exact) mass is 244 g/mol. The van der Waals surface area contributed by atoms with Gasteiger partial charge in [-0.15, -0.1) is 0 Å². The molecular formula is C14H16N2O2. The van der Waals surface area contributed by atoms with Crippen molar-refractivity contribution in [3.8, 4) is 17.4 Å². The molecule has 2 aromatic rings. The lowest BCUT2D eigenvalue weighted by molar-refractivity contribution is 0.339. The Kier molecular flexibility index (Phi) is 3.67. The van der Waals surface area contributed by atoms with Crippen LogP contribution in [0.1, 0.15) is 12.5 Å². The second-order valence-corrected chi connectivity index (χ2v) is 3.89. The summed E-state index contributed by atoms with van der Waals surface area (Å²) in [5.74, 6) is 2.01. The van der Waals surface area contributed by atoms with Gasteiger partial charge in [-0.05, 0) is 43.7 Å². The summed E-state index contributed by atoms with van der Waals surface area (Å²) in [4.78, 5) is 4.16. The van der Waals surface area contributed by atoms with Gasteiger partial charge in [0.1, 0.15) is 11.5 Å². The van der Waals surface area contributed by atoms with Crippen molar-refractivity contribution >= 4 is 5.69 Å². The Morgan fingerprint density at radius 1 is 1.17 bits per heavy atom. The van der Waals surface area contributed by atoms with Crippen LogP contribution in [0, 0.1) is 6.92 Å². The Morgan fingerprint density at radius 2 is 1.83 bits per heavy atom. The summed E-state index contributed by atoms with van der Waals surface area (Å²) in [6.45, 7) is 4.50. The van der Waals surface area contributed by atoms with E-state index in [-0.39, 0.29) is 0 Å². The van der Waals surface area contributed by atoms with Crippen molar-refractivity contribution in [3.05, 3.63) is 42.1 Å². The number of anilines is 1. The molecular weight excluding hydrogens is 228 g/mol. The first-order valence-electron chi connectivity index (χ1n) is 5.82. The van der Waals surface area contributed by atoms with Crippen LogP contribution in [-0.2, 0) is 0 Å². The van der Waals surface area contributed by atoms with E-state index in [1.165, 1.54) is 0 Å². The van der Waals surface area contributed by atoms with Crippen LogP contribution in [0.5, 0.6) is 17.4 Å². The predicted octanol–water partition coefficient (Wildman–Crippen LogP) is 3.16. The number of hydrogen-bond donors (Lipinski definition) is 1. The molecule has 2 rings (SSSR count). The van der Waals surface area contributed by atoms with E-state index < -0.39 is 0 Å². The third kappa shape index (κ3) is 2.91. The first kappa shape index (κ1) is 12.2. The molecule has 0 saturated heterocycles. The average molecular weight is 244 g/mol. The summed E-state index contributed by atoms with van der Waals surface area (Å²) in [6.07, 6.45) is 1.69. The fraction of sp³-hybridized carbons (Fsp3) is 0.214. The second-order valence-electron chi connectivity index (χ2n) is 3.89. The van der Waals surface area contributed by atoms with Gasteiger partial charge in [0, 0.05) is 18.0 Å². The molecule has 0 bridgehead atoms. The summed E-state index contributed by atoms with van der Waals surface area (Å²) in [7, 11) is 0. The molecule has 0 unspecified atom stereocenters. The maximum Gasteiger partial charge on any atom is 0.221 e. The Bertz CT molecular complexity index is 524. The molecule has 0 atom stereocenters. The number of nitrogen functional groups attached to an aromatic ring is 1. The van der Waals surface area contributed by atoms with Gasteiger partial charge >= 0.3 is 0 Å². The normalized spacial score (nSPS) is 10.1. The van der Waals surface area contributed by atoms with Crippen LogP contribution in [0.3, 0.4) is 0 Å². The topological polar surface area (TPSA) is 57.4 Å². The Morgan fingerprint density at radius 3 is 2.44 bits per heavy atom. The first-order valence-corrected chi connectivity index (χ1v) is 5.82. The van der Waals surface area contributed by atoms with Crippen LogP contribution in [0.2, 0.25) is 0 Å². The van der Waals surface area contributed by atoms with E-state index in [1.807, 2.05) is 38.1 Å². The van der Waals surface area contributed by atoms with Crippen LogP contribution in [0.4, 0.5) is 5.69 Å². The molecule has 2 N–H and O–H groups in total. The SMILES string of the molecule is CCOc1ccc(Oc2cc(N)c(C)cn2)cc1. The molecule has 0 aliphatic rings. The second kappa shape index (κ2) is 5.40. The lowest BCUT2D eigenvalue weighted by atomic mass is 10.3. The number of pyridine rings is 1. The lowest BCUT2D eigenvalue weighted by Crippen LogP contribution is -1.94. The third-order valence-corrected chi connectivity index (χ3v) is 2.48. The van der Waals surface area contributed by atoms with Crippen molar-refractivity contribution in [2.24, 2.45) is 0 Å². The van der Waals surface area contributed by atoms with Crippen molar-refractivity contribution < 1.29 is 9.47 Å². The number of aryl methyl sites for hydroxylation is 1. The van der Waals surface area contributed by atoms with Crippen LogP contribution in [0.15, 0.2) is 36.5 Å². The molecule has 1 heterocycles. The van der Waals surface area contributed by atoms with E-state index in [1.54, 1.807) is 12.3 Å². The summed E-state index contributed by atoms with van der Waals surface area (Å²) in [5, 5.41) is 0. The summed E-state index contributed by atoms with van der Waals surface area (Å²) < 4.78 is 11.0. The molecule has 0 aliphatic carbocycles. The molecule has 18 heavy (non-hydrogen) atoms. The third-order valence-electron chi connectivity index (χ3n) is 2.48. The Hall–Kier alpha value is -2.23. The zero-order valence-electron chi connectivity index (χ0n) is 10.5. The first-order chi connectivity index (χ1) is 8.69. The molecule has 0 amide bonds. The van der Waals surface area contributed by atoms with Crippen LogP contribution < -0.4 is 15.2 Å². The molecule has 0 saturated carbocycles. The maximum absolute atomic E-state index is 5.80. The van der Waals surface area contributed by atoms with Gasteiger partial charge in [-0.25, -0.2) is 4.98 Å². The number of hydrogen-bond acceptors (Lipinski definition) is 4. The molecule has 94 valence electrons. The quantitative estimate of drug-likeness (QED) is 0.897. The van der Waals surface area contributed by atoms with Crippen LogP contribution >= 0.6 is 0 Å². The van der Waals surface area contributed by atoms with Crippen molar-refractivity contribution in [2.75, 3.05) is 12.3 Å². The minimum absolute atomic E-state index is 0.488. The van der Waals surface area contributed by atoms with E-state index in [0.29, 0.717) is 23.9 Å². The van der Waals surface area contributed by atoms with Gasteiger partial charge in [-0.2, -0.15) is 0 Å². The van der Waals surface area contributed by atoms with E-state index in [9.17, 15) is 0 Å². The highest BCUT2D eigenvalue weighted by atomic mass is 16.5. The highest BCUT2D eigenvalue weighted by Gasteiger charge is 2.02. The molecule has 0 fully saturated rings. The zero-order valence-corrected chi connectivity index (χ0v) is 10.5. The van der Waals surface area contributed by atoms with Gasteiger partial charge in [-0.1, -0.05) is 0 Å². The number of rotatable bonds is 4.